The van der Waals surface area contributed by atoms with E-state index in [1.807, 2.05) is 7.05 Å². The van der Waals surface area contributed by atoms with Gasteiger partial charge in [0.1, 0.15) is 23.2 Å². The maximum atomic E-state index is 12.3. The predicted octanol–water partition coefficient (Wildman–Crippen LogP) is 0.401. The van der Waals surface area contributed by atoms with Crippen molar-refractivity contribution in [3.63, 3.8) is 0 Å². The van der Waals surface area contributed by atoms with Crippen LogP contribution in [0.25, 0.3) is 0 Å². The van der Waals surface area contributed by atoms with Crippen LogP contribution in [0.15, 0.2) is 18.2 Å². The molecule has 0 unspecified atom stereocenters. The van der Waals surface area contributed by atoms with Gasteiger partial charge in [-0.15, -0.1) is 0 Å². The smallest absolute Gasteiger partial charge is 0.343 e. The molecule has 0 aromatic heterocycles. The van der Waals surface area contributed by atoms with E-state index < -0.39 is 5.97 Å². The molecule has 0 bridgehead atoms. The first-order valence-corrected chi connectivity index (χ1v) is 8.24. The highest BCUT2D eigenvalue weighted by molar-refractivity contribution is 5.94. The highest BCUT2D eigenvalue weighted by atomic mass is 16.5. The van der Waals surface area contributed by atoms with Crippen molar-refractivity contribution in [2.24, 2.45) is 0 Å². The van der Waals surface area contributed by atoms with Crippen LogP contribution in [-0.2, 0) is 9.53 Å². The number of phenols is 1. The first kappa shape index (κ1) is 17.5. The number of hydrogen-bond donors (Lipinski definition) is 2. The number of nitrogens with zero attached hydrogens (tertiary/aromatic N) is 2. The predicted molar refractivity (Wildman–Crippen MR) is 87.9 cm³/mol. The van der Waals surface area contributed by atoms with Crippen molar-refractivity contribution < 1.29 is 29.3 Å². The van der Waals surface area contributed by atoms with Gasteiger partial charge in [0, 0.05) is 13.1 Å². The number of likely N-dealkylation sites (tertiary alicyclic amines) is 1. The minimum atomic E-state index is -1.25. The van der Waals surface area contributed by atoms with Crippen LogP contribution in [0.2, 0.25) is 0 Å². The summed E-state index contributed by atoms with van der Waals surface area (Å²) in [5.74, 6) is -1.47. The summed E-state index contributed by atoms with van der Waals surface area (Å²) < 4.78 is 11.2. The van der Waals surface area contributed by atoms with Gasteiger partial charge in [-0.25, -0.2) is 4.79 Å². The Morgan fingerprint density at radius 3 is 2.76 bits per heavy atom. The summed E-state index contributed by atoms with van der Waals surface area (Å²) in [6.07, 6.45) is -0.0292. The van der Waals surface area contributed by atoms with Gasteiger partial charge in [-0.05, 0) is 19.2 Å². The zero-order chi connectivity index (χ0) is 18.0. The summed E-state index contributed by atoms with van der Waals surface area (Å²) in [7, 11) is 2.00. The van der Waals surface area contributed by atoms with Crippen LogP contribution in [0, 0.1) is 0 Å². The minimum Gasteiger partial charge on any atom is -0.507 e. The molecule has 2 fully saturated rings. The van der Waals surface area contributed by atoms with Gasteiger partial charge < -0.3 is 29.5 Å². The first-order chi connectivity index (χ1) is 11.9. The van der Waals surface area contributed by atoms with Gasteiger partial charge in [-0.1, -0.05) is 6.07 Å². The third-order valence-electron chi connectivity index (χ3n) is 4.46. The Balaban J connectivity index is 1.51. The van der Waals surface area contributed by atoms with Crippen molar-refractivity contribution in [2.45, 2.75) is 18.6 Å². The molecule has 1 aromatic carbocycles. The van der Waals surface area contributed by atoms with E-state index in [-0.39, 0.29) is 35.2 Å². The van der Waals surface area contributed by atoms with Gasteiger partial charge in [-0.3, -0.25) is 4.79 Å². The Morgan fingerprint density at radius 1 is 1.32 bits per heavy atom. The summed E-state index contributed by atoms with van der Waals surface area (Å²) in [4.78, 5) is 27.3. The number of aromatic carboxylic acids is 1. The lowest BCUT2D eigenvalue weighted by Crippen LogP contribution is -2.57. The van der Waals surface area contributed by atoms with Gasteiger partial charge in [-0.2, -0.15) is 0 Å². The van der Waals surface area contributed by atoms with Gasteiger partial charge in [0.15, 0.2) is 0 Å². The monoisotopic (exact) mass is 350 g/mol. The first-order valence-electron chi connectivity index (χ1n) is 8.24. The van der Waals surface area contributed by atoms with E-state index in [0.717, 1.165) is 13.1 Å². The number of rotatable bonds is 5. The van der Waals surface area contributed by atoms with Gasteiger partial charge in [0.25, 0.3) is 0 Å². The average molecular weight is 350 g/mol. The summed E-state index contributed by atoms with van der Waals surface area (Å²) in [6.45, 7) is 3.05. The van der Waals surface area contributed by atoms with Crippen LogP contribution < -0.4 is 4.74 Å². The molecular formula is C17H22N2O6. The fraction of sp³-hybridized carbons (Fsp3) is 0.529. The maximum Gasteiger partial charge on any atom is 0.343 e. The van der Waals surface area contributed by atoms with E-state index >= 15 is 0 Å². The van der Waals surface area contributed by atoms with E-state index in [9.17, 15) is 19.8 Å². The van der Waals surface area contributed by atoms with E-state index in [1.165, 1.54) is 18.2 Å². The summed E-state index contributed by atoms with van der Waals surface area (Å²) >= 11 is 0. The van der Waals surface area contributed by atoms with E-state index in [4.69, 9.17) is 9.47 Å². The molecule has 0 spiro atoms. The molecule has 8 nitrogen and oxygen atoms in total. The van der Waals surface area contributed by atoms with Crippen molar-refractivity contribution in [3.8, 4) is 11.5 Å². The molecular weight excluding hydrogens is 328 g/mol. The van der Waals surface area contributed by atoms with Crippen molar-refractivity contribution in [3.05, 3.63) is 23.8 Å². The van der Waals surface area contributed by atoms with Crippen LogP contribution in [-0.4, -0.2) is 83.9 Å². The number of morpholine rings is 1. The highest BCUT2D eigenvalue weighted by Crippen LogP contribution is 2.29. The van der Waals surface area contributed by atoms with E-state index in [0.29, 0.717) is 26.1 Å². The molecule has 3 rings (SSSR count). The summed E-state index contributed by atoms with van der Waals surface area (Å²) in [5, 5.41) is 18.8. The molecule has 0 aliphatic carbocycles. The number of likely N-dealkylation sites (N-methyl/N-ethyl adjacent to an activating group) is 1. The molecule has 8 heteroatoms. The number of carbonyl (C=O) groups is 2. The third-order valence-corrected chi connectivity index (χ3v) is 4.46. The number of amides is 1. The number of aromatic hydroxyl groups is 1. The molecule has 1 aromatic rings. The number of ether oxygens (including phenoxy) is 2. The van der Waals surface area contributed by atoms with Crippen molar-refractivity contribution in [1.82, 2.24) is 9.80 Å². The van der Waals surface area contributed by atoms with Crippen LogP contribution in [0.3, 0.4) is 0 Å². The fourth-order valence-electron chi connectivity index (χ4n) is 3.04. The number of carboxylic acid groups (broad SMARTS) is 1. The fourth-order valence-corrected chi connectivity index (χ4v) is 3.04. The van der Waals surface area contributed by atoms with Crippen LogP contribution in [0.4, 0.5) is 0 Å². The Morgan fingerprint density at radius 2 is 2.08 bits per heavy atom. The maximum absolute atomic E-state index is 12.3. The highest BCUT2D eigenvalue weighted by Gasteiger charge is 2.35. The average Bonchev–Trinajstić information content (AvgIpc) is 2.49. The number of hydrogen-bond acceptors (Lipinski definition) is 6. The molecule has 2 saturated heterocycles. The minimum absolute atomic E-state index is 0.00881. The largest absolute Gasteiger partial charge is 0.507 e. The third kappa shape index (κ3) is 4.02. The second-order valence-electron chi connectivity index (χ2n) is 6.45. The lowest BCUT2D eigenvalue weighted by Gasteiger charge is -2.40. The molecule has 1 amide bonds. The second-order valence-corrected chi connectivity index (χ2v) is 6.45. The molecule has 136 valence electrons. The molecule has 2 aliphatic heterocycles. The van der Waals surface area contributed by atoms with Crippen molar-refractivity contribution in [2.75, 3.05) is 39.8 Å². The summed E-state index contributed by atoms with van der Waals surface area (Å²) in [5.41, 5.74) is -0.258. The van der Waals surface area contributed by atoms with Crippen molar-refractivity contribution in [1.29, 1.82) is 0 Å². The quantitative estimate of drug-likeness (QED) is 0.793. The van der Waals surface area contributed by atoms with Crippen LogP contribution in [0.1, 0.15) is 16.8 Å². The standard InChI is InChI=1S/C17H22N2O6/c1-18-5-6-24-11(8-18)7-15(21)19-9-12(10-19)25-14-4-2-3-13(20)16(14)17(22)23/h2-4,11-12,20H,5-10H2,1H3,(H,22,23)/t11-/m1/s1. The number of carbonyl (C=O) groups excluding carboxylic acids is 1. The lowest BCUT2D eigenvalue weighted by atomic mass is 10.1. The van der Waals surface area contributed by atoms with E-state index in [2.05, 4.69) is 4.90 Å². The van der Waals surface area contributed by atoms with Gasteiger partial charge >= 0.3 is 5.97 Å². The van der Waals surface area contributed by atoms with Crippen molar-refractivity contribution >= 4 is 11.9 Å². The molecule has 1 atom stereocenters. The molecule has 2 N–H and O–H groups in total. The lowest BCUT2D eigenvalue weighted by molar-refractivity contribution is -0.144. The number of carboxylic acids is 1. The number of benzene rings is 1. The van der Waals surface area contributed by atoms with E-state index in [1.54, 1.807) is 4.90 Å². The molecule has 25 heavy (non-hydrogen) atoms. The normalized spacial score (nSPS) is 21.6. The topological polar surface area (TPSA) is 99.5 Å². The van der Waals surface area contributed by atoms with Crippen LogP contribution in [0.5, 0.6) is 11.5 Å². The summed E-state index contributed by atoms with van der Waals surface area (Å²) in [6, 6.07) is 4.32. The van der Waals surface area contributed by atoms with Gasteiger partial charge in [0.05, 0.1) is 32.2 Å². The van der Waals surface area contributed by atoms with Gasteiger partial charge in [0.2, 0.25) is 5.91 Å². The Hall–Kier alpha value is -2.32. The Labute approximate surface area is 145 Å². The SMILES string of the molecule is CN1CCO[C@H](CC(=O)N2CC(Oc3cccc(O)c3C(=O)O)C2)C1. The second kappa shape index (κ2) is 7.28. The Kier molecular flexibility index (Phi) is 5.10. The Bertz CT molecular complexity index is 659. The molecule has 0 radical (unpaired) electrons. The molecule has 0 saturated carbocycles. The molecule has 2 heterocycles. The molecule has 2 aliphatic rings. The van der Waals surface area contributed by atoms with Crippen LogP contribution >= 0.6 is 0 Å². The zero-order valence-electron chi connectivity index (χ0n) is 14.1. The zero-order valence-corrected chi connectivity index (χ0v) is 14.1.